The summed E-state index contributed by atoms with van der Waals surface area (Å²) in [5.74, 6) is -0.991. The van der Waals surface area contributed by atoms with Crippen LogP contribution in [0.1, 0.15) is 16.7 Å². The van der Waals surface area contributed by atoms with Crippen LogP contribution in [0, 0.1) is 19.7 Å². The number of hydrazone groups is 1. The average Bonchev–Trinajstić information content (AvgIpc) is 2.74. The maximum absolute atomic E-state index is 13.3. The van der Waals surface area contributed by atoms with Crippen molar-refractivity contribution >= 4 is 27.8 Å². The molecular weight excluding hydrogens is 417 g/mol. The molecule has 0 aromatic heterocycles. The lowest BCUT2D eigenvalue weighted by atomic mass is 10.1. The fraction of sp³-hybridized carbons (Fsp3) is 0.130. The van der Waals surface area contributed by atoms with Crippen LogP contribution in [-0.2, 0) is 14.8 Å². The molecule has 0 saturated heterocycles. The zero-order valence-electron chi connectivity index (χ0n) is 17.1. The molecule has 3 aromatic carbocycles. The molecule has 6 nitrogen and oxygen atoms in total. The monoisotopic (exact) mass is 439 g/mol. The molecule has 0 bridgehead atoms. The Morgan fingerprint density at radius 3 is 2.35 bits per heavy atom. The van der Waals surface area contributed by atoms with Crippen molar-refractivity contribution < 1.29 is 17.6 Å². The largest absolute Gasteiger partial charge is 0.271 e. The SMILES string of the molecule is Cc1ccc(N(CC(=O)N/N=C/c2ccc(F)cc2)S(=O)(=O)c2ccccc2)c(C)c1. The summed E-state index contributed by atoms with van der Waals surface area (Å²) >= 11 is 0. The molecule has 0 radical (unpaired) electrons. The maximum Gasteiger partial charge on any atom is 0.264 e. The van der Waals surface area contributed by atoms with Gasteiger partial charge in [0, 0.05) is 0 Å². The second kappa shape index (κ2) is 9.53. The van der Waals surface area contributed by atoms with Crippen LogP contribution < -0.4 is 9.73 Å². The van der Waals surface area contributed by atoms with Crippen molar-refractivity contribution in [1.82, 2.24) is 5.43 Å². The zero-order valence-corrected chi connectivity index (χ0v) is 17.9. The Hall–Kier alpha value is -3.52. The van der Waals surface area contributed by atoms with Gasteiger partial charge in [0.15, 0.2) is 0 Å². The van der Waals surface area contributed by atoms with E-state index < -0.39 is 22.5 Å². The summed E-state index contributed by atoms with van der Waals surface area (Å²) < 4.78 is 40.7. The van der Waals surface area contributed by atoms with Gasteiger partial charge < -0.3 is 0 Å². The van der Waals surface area contributed by atoms with Crippen molar-refractivity contribution in [1.29, 1.82) is 0 Å². The number of anilines is 1. The summed E-state index contributed by atoms with van der Waals surface area (Å²) in [6, 6.07) is 18.8. The maximum atomic E-state index is 13.3. The number of carbonyl (C=O) groups is 1. The first-order valence-electron chi connectivity index (χ1n) is 9.50. The van der Waals surface area contributed by atoms with E-state index >= 15 is 0 Å². The lowest BCUT2D eigenvalue weighted by molar-refractivity contribution is -0.119. The molecule has 0 aliphatic heterocycles. The van der Waals surface area contributed by atoms with Crippen molar-refractivity contribution in [2.24, 2.45) is 5.10 Å². The van der Waals surface area contributed by atoms with E-state index in [0.717, 1.165) is 15.4 Å². The number of nitrogens with one attached hydrogen (secondary N) is 1. The minimum atomic E-state index is -3.99. The van der Waals surface area contributed by atoms with Crippen LogP contribution in [0.25, 0.3) is 0 Å². The van der Waals surface area contributed by atoms with E-state index in [-0.39, 0.29) is 10.7 Å². The van der Waals surface area contributed by atoms with Gasteiger partial charge in [0.05, 0.1) is 16.8 Å². The minimum Gasteiger partial charge on any atom is -0.271 e. The van der Waals surface area contributed by atoms with Gasteiger partial charge in [-0.1, -0.05) is 48.0 Å². The van der Waals surface area contributed by atoms with E-state index in [9.17, 15) is 17.6 Å². The number of benzene rings is 3. The number of hydrogen-bond acceptors (Lipinski definition) is 4. The van der Waals surface area contributed by atoms with E-state index in [1.165, 1.54) is 42.6 Å². The average molecular weight is 440 g/mol. The third-order valence-corrected chi connectivity index (χ3v) is 6.29. The molecule has 0 unspecified atom stereocenters. The Kier molecular flexibility index (Phi) is 6.81. The number of sulfonamides is 1. The Balaban J connectivity index is 1.86. The second-order valence-corrected chi connectivity index (χ2v) is 8.82. The summed E-state index contributed by atoms with van der Waals surface area (Å²) in [4.78, 5) is 12.6. The van der Waals surface area contributed by atoms with E-state index in [4.69, 9.17) is 0 Å². The number of nitrogens with zero attached hydrogens (tertiary/aromatic N) is 2. The van der Waals surface area contributed by atoms with Crippen LogP contribution in [0.5, 0.6) is 0 Å². The van der Waals surface area contributed by atoms with Gasteiger partial charge in [-0.2, -0.15) is 5.10 Å². The van der Waals surface area contributed by atoms with Crippen molar-refractivity contribution in [3.8, 4) is 0 Å². The Bertz CT molecular complexity index is 1190. The molecule has 0 saturated carbocycles. The lowest BCUT2D eigenvalue weighted by Crippen LogP contribution is -2.40. The van der Waals surface area contributed by atoms with E-state index in [0.29, 0.717) is 11.3 Å². The standard InChI is InChI=1S/C23H22FN3O3S/c1-17-8-13-22(18(2)14-17)27(31(29,30)21-6-4-3-5-7-21)16-23(28)26-25-15-19-9-11-20(24)12-10-19/h3-15H,16H2,1-2H3,(H,26,28)/b25-15+. The third kappa shape index (κ3) is 5.55. The molecule has 8 heteroatoms. The smallest absolute Gasteiger partial charge is 0.264 e. The second-order valence-electron chi connectivity index (χ2n) is 6.96. The number of hydrogen-bond donors (Lipinski definition) is 1. The van der Waals surface area contributed by atoms with Crippen LogP contribution in [0.15, 0.2) is 82.8 Å². The molecule has 160 valence electrons. The number of halogens is 1. The highest BCUT2D eigenvalue weighted by atomic mass is 32.2. The molecular formula is C23H22FN3O3S. The fourth-order valence-electron chi connectivity index (χ4n) is 3.00. The highest BCUT2D eigenvalue weighted by molar-refractivity contribution is 7.92. The van der Waals surface area contributed by atoms with Gasteiger partial charge in [0.25, 0.3) is 15.9 Å². The molecule has 1 amide bonds. The van der Waals surface area contributed by atoms with Crippen molar-refractivity contribution in [2.75, 3.05) is 10.8 Å². The Morgan fingerprint density at radius 1 is 1.03 bits per heavy atom. The number of rotatable bonds is 7. The molecule has 0 heterocycles. The van der Waals surface area contributed by atoms with Crippen molar-refractivity contribution in [3.05, 3.63) is 95.3 Å². The molecule has 0 spiro atoms. The quantitative estimate of drug-likeness (QED) is 0.449. The number of carbonyl (C=O) groups excluding carboxylic acids is 1. The van der Waals surface area contributed by atoms with Crippen LogP contribution >= 0.6 is 0 Å². The van der Waals surface area contributed by atoms with Crippen LogP contribution in [-0.4, -0.2) is 27.1 Å². The van der Waals surface area contributed by atoms with Gasteiger partial charge in [-0.3, -0.25) is 9.10 Å². The van der Waals surface area contributed by atoms with E-state index in [1.807, 2.05) is 13.0 Å². The van der Waals surface area contributed by atoms with Crippen LogP contribution in [0.3, 0.4) is 0 Å². The third-order valence-electron chi connectivity index (χ3n) is 4.51. The van der Waals surface area contributed by atoms with E-state index in [1.54, 1.807) is 37.3 Å². The van der Waals surface area contributed by atoms with Crippen molar-refractivity contribution in [3.63, 3.8) is 0 Å². The van der Waals surface area contributed by atoms with Crippen molar-refractivity contribution in [2.45, 2.75) is 18.7 Å². The predicted octanol–water partition coefficient (Wildman–Crippen LogP) is 3.79. The van der Waals surface area contributed by atoms with Gasteiger partial charge in [-0.05, 0) is 55.3 Å². The van der Waals surface area contributed by atoms with E-state index in [2.05, 4.69) is 10.5 Å². The van der Waals surface area contributed by atoms with Gasteiger partial charge in [0.1, 0.15) is 12.4 Å². The first-order valence-corrected chi connectivity index (χ1v) is 10.9. The highest BCUT2D eigenvalue weighted by Gasteiger charge is 2.28. The minimum absolute atomic E-state index is 0.0811. The van der Waals surface area contributed by atoms with Crippen LogP contribution in [0.4, 0.5) is 10.1 Å². The van der Waals surface area contributed by atoms with Gasteiger partial charge >= 0.3 is 0 Å². The summed E-state index contributed by atoms with van der Waals surface area (Å²) in [6.45, 7) is 3.24. The number of amides is 1. The molecule has 3 rings (SSSR count). The molecule has 3 aromatic rings. The summed E-state index contributed by atoms with van der Waals surface area (Å²) in [5.41, 5.74) is 5.03. The first-order chi connectivity index (χ1) is 14.8. The topological polar surface area (TPSA) is 78.8 Å². The first kappa shape index (κ1) is 22.2. The van der Waals surface area contributed by atoms with Gasteiger partial charge in [-0.15, -0.1) is 0 Å². The predicted molar refractivity (Wildman–Crippen MR) is 119 cm³/mol. The van der Waals surface area contributed by atoms with Gasteiger partial charge in [-0.25, -0.2) is 18.2 Å². The Labute approximate surface area is 181 Å². The lowest BCUT2D eigenvalue weighted by Gasteiger charge is -2.25. The Morgan fingerprint density at radius 2 is 1.71 bits per heavy atom. The molecule has 0 fully saturated rings. The molecule has 31 heavy (non-hydrogen) atoms. The normalized spacial score (nSPS) is 11.5. The summed E-state index contributed by atoms with van der Waals surface area (Å²) in [6.07, 6.45) is 1.35. The highest BCUT2D eigenvalue weighted by Crippen LogP contribution is 2.27. The molecule has 0 aliphatic carbocycles. The zero-order chi connectivity index (χ0) is 22.4. The molecule has 0 atom stereocenters. The van der Waals surface area contributed by atoms with Crippen LogP contribution in [0.2, 0.25) is 0 Å². The summed E-state index contributed by atoms with van der Waals surface area (Å²) in [7, 11) is -3.99. The fourth-order valence-corrected chi connectivity index (χ4v) is 4.50. The molecule has 1 N–H and O–H groups in total. The summed E-state index contributed by atoms with van der Waals surface area (Å²) in [5, 5.41) is 3.84. The number of aryl methyl sites for hydroxylation is 2. The molecule has 0 aliphatic rings. The van der Waals surface area contributed by atoms with Gasteiger partial charge in [0.2, 0.25) is 0 Å².